The minimum absolute atomic E-state index is 0.244. The lowest BCUT2D eigenvalue weighted by atomic mass is 10.4. The van der Waals surface area contributed by atoms with E-state index in [0.717, 1.165) is 5.75 Å². The smallest absolute Gasteiger partial charge is 0.316 e. The van der Waals surface area contributed by atoms with Crippen molar-refractivity contribution in [1.82, 2.24) is 5.32 Å². The number of thiophene rings is 1. The zero-order valence-corrected chi connectivity index (χ0v) is 13.2. The second kappa shape index (κ2) is 9.79. The molecule has 1 N–H and O–H groups in total. The number of esters is 1. The lowest BCUT2D eigenvalue weighted by molar-refractivity contribution is -0.152. The number of hydrogen-bond acceptors (Lipinski definition) is 6. The van der Waals surface area contributed by atoms with Crippen LogP contribution in [0.4, 0.5) is 0 Å². The Morgan fingerprint density at radius 2 is 2.30 bits per heavy atom. The number of carbonyl (C=O) groups is 2. The predicted molar refractivity (Wildman–Crippen MR) is 80.9 cm³/mol. The largest absolute Gasteiger partial charge is 0.452 e. The number of ether oxygens (including phenoxy) is 2. The fourth-order valence-corrected chi connectivity index (χ4v) is 2.98. The van der Waals surface area contributed by atoms with E-state index in [2.05, 4.69) is 5.32 Å². The van der Waals surface area contributed by atoms with Gasteiger partial charge in [0, 0.05) is 24.3 Å². The molecule has 0 saturated carbocycles. The highest BCUT2D eigenvalue weighted by Gasteiger charge is 2.17. The maximum Gasteiger partial charge on any atom is 0.316 e. The van der Waals surface area contributed by atoms with E-state index >= 15 is 0 Å². The molecule has 0 aliphatic heterocycles. The Bertz CT molecular complexity index is 409. The summed E-state index contributed by atoms with van der Waals surface area (Å²) in [6.07, 6.45) is -0.776. The Morgan fingerprint density at radius 1 is 1.50 bits per heavy atom. The standard InChI is InChI=1S/C13H19NO4S2/c1-10(13(16)14-5-6-17-2)18-12(15)9-19-8-11-4-3-7-20-11/h3-4,7,10H,5-6,8-9H2,1-2H3,(H,14,16)/t10-/m0/s1. The summed E-state index contributed by atoms with van der Waals surface area (Å²) in [6, 6.07) is 4.00. The summed E-state index contributed by atoms with van der Waals surface area (Å²) in [6.45, 7) is 2.40. The van der Waals surface area contributed by atoms with Crippen LogP contribution in [0.25, 0.3) is 0 Å². The average molecular weight is 317 g/mol. The molecule has 1 amide bonds. The maximum absolute atomic E-state index is 11.6. The van der Waals surface area contributed by atoms with Gasteiger partial charge in [0.2, 0.25) is 0 Å². The Balaban J connectivity index is 2.15. The average Bonchev–Trinajstić information content (AvgIpc) is 2.92. The summed E-state index contributed by atoms with van der Waals surface area (Å²) < 4.78 is 9.87. The van der Waals surface area contributed by atoms with E-state index in [1.807, 2.05) is 17.5 Å². The van der Waals surface area contributed by atoms with Gasteiger partial charge in [-0.05, 0) is 18.4 Å². The number of thioether (sulfide) groups is 1. The predicted octanol–water partition coefficient (Wildman–Crippen LogP) is 1.68. The first-order valence-electron chi connectivity index (χ1n) is 6.19. The first-order valence-corrected chi connectivity index (χ1v) is 8.23. The van der Waals surface area contributed by atoms with Gasteiger partial charge in [-0.15, -0.1) is 23.1 Å². The lowest BCUT2D eigenvalue weighted by Gasteiger charge is -2.13. The molecule has 0 fully saturated rings. The molecule has 0 radical (unpaired) electrons. The van der Waals surface area contributed by atoms with E-state index < -0.39 is 6.10 Å². The third-order valence-corrected chi connectivity index (χ3v) is 4.34. The van der Waals surface area contributed by atoms with Crippen LogP contribution >= 0.6 is 23.1 Å². The van der Waals surface area contributed by atoms with Crippen LogP contribution in [-0.4, -0.2) is 44.0 Å². The minimum Gasteiger partial charge on any atom is -0.452 e. The van der Waals surface area contributed by atoms with Crippen LogP contribution in [0.5, 0.6) is 0 Å². The molecule has 7 heteroatoms. The molecule has 0 bridgehead atoms. The number of hydrogen-bond donors (Lipinski definition) is 1. The third-order valence-electron chi connectivity index (χ3n) is 2.33. The molecule has 5 nitrogen and oxygen atoms in total. The van der Waals surface area contributed by atoms with Gasteiger partial charge in [0.15, 0.2) is 6.10 Å². The molecule has 1 aromatic heterocycles. The van der Waals surface area contributed by atoms with Gasteiger partial charge in [0.05, 0.1) is 12.4 Å². The highest BCUT2D eigenvalue weighted by atomic mass is 32.2. The van der Waals surface area contributed by atoms with Gasteiger partial charge in [0.25, 0.3) is 5.91 Å². The Hall–Kier alpha value is -1.05. The van der Waals surface area contributed by atoms with E-state index in [-0.39, 0.29) is 17.6 Å². The van der Waals surface area contributed by atoms with Crippen molar-refractivity contribution in [3.8, 4) is 0 Å². The van der Waals surface area contributed by atoms with Gasteiger partial charge in [-0.1, -0.05) is 6.07 Å². The van der Waals surface area contributed by atoms with Crippen molar-refractivity contribution in [2.75, 3.05) is 26.0 Å². The van der Waals surface area contributed by atoms with Crippen LogP contribution in [-0.2, 0) is 24.8 Å². The van der Waals surface area contributed by atoms with Gasteiger partial charge in [-0.3, -0.25) is 9.59 Å². The molecular weight excluding hydrogens is 298 g/mol. The number of methoxy groups -OCH3 is 1. The third kappa shape index (κ3) is 6.93. The summed E-state index contributed by atoms with van der Waals surface area (Å²) in [5.41, 5.74) is 0. The SMILES string of the molecule is COCCNC(=O)[C@H](C)OC(=O)CSCc1cccs1. The Labute approximate surface area is 127 Å². The van der Waals surface area contributed by atoms with E-state index in [4.69, 9.17) is 9.47 Å². The van der Waals surface area contributed by atoms with Crippen molar-refractivity contribution in [3.63, 3.8) is 0 Å². The maximum atomic E-state index is 11.6. The topological polar surface area (TPSA) is 64.6 Å². The molecule has 1 aromatic rings. The monoisotopic (exact) mass is 317 g/mol. The molecule has 0 saturated heterocycles. The molecular formula is C13H19NO4S2. The fourth-order valence-electron chi connectivity index (χ4n) is 1.33. The molecule has 0 aromatic carbocycles. The lowest BCUT2D eigenvalue weighted by Crippen LogP contribution is -2.37. The van der Waals surface area contributed by atoms with Crippen LogP contribution in [0.1, 0.15) is 11.8 Å². The van der Waals surface area contributed by atoms with Gasteiger partial charge in [-0.25, -0.2) is 0 Å². The van der Waals surface area contributed by atoms with Crippen LogP contribution in [0.15, 0.2) is 17.5 Å². The summed E-state index contributed by atoms with van der Waals surface area (Å²) >= 11 is 3.13. The van der Waals surface area contributed by atoms with E-state index in [0.29, 0.717) is 13.2 Å². The number of nitrogens with one attached hydrogen (secondary N) is 1. The summed E-state index contributed by atoms with van der Waals surface area (Å²) in [4.78, 5) is 24.4. The first kappa shape index (κ1) is 17.0. The zero-order valence-electron chi connectivity index (χ0n) is 11.6. The van der Waals surface area contributed by atoms with Gasteiger partial charge < -0.3 is 14.8 Å². The van der Waals surface area contributed by atoms with Gasteiger partial charge >= 0.3 is 5.97 Å². The van der Waals surface area contributed by atoms with Gasteiger partial charge in [-0.2, -0.15) is 0 Å². The molecule has 1 rings (SSSR count). The first-order chi connectivity index (χ1) is 9.63. The quantitative estimate of drug-likeness (QED) is 0.554. The van der Waals surface area contributed by atoms with Crippen LogP contribution in [0.3, 0.4) is 0 Å². The van der Waals surface area contributed by atoms with Crippen LogP contribution in [0, 0.1) is 0 Å². The summed E-state index contributed by atoms with van der Waals surface area (Å²) in [5, 5.41) is 4.62. The van der Waals surface area contributed by atoms with Crippen molar-refractivity contribution < 1.29 is 19.1 Å². The molecule has 0 aliphatic rings. The second-order valence-corrected chi connectivity index (χ2v) is 6.01. The number of amides is 1. The number of rotatable bonds is 9. The molecule has 0 aliphatic carbocycles. The van der Waals surface area contributed by atoms with Crippen molar-refractivity contribution in [2.24, 2.45) is 0 Å². The zero-order chi connectivity index (χ0) is 14.8. The molecule has 0 unspecified atom stereocenters. The van der Waals surface area contributed by atoms with Crippen molar-refractivity contribution in [3.05, 3.63) is 22.4 Å². The highest BCUT2D eigenvalue weighted by Crippen LogP contribution is 2.17. The number of carbonyl (C=O) groups excluding carboxylic acids is 2. The van der Waals surface area contributed by atoms with E-state index in [1.165, 1.54) is 16.6 Å². The van der Waals surface area contributed by atoms with E-state index in [1.54, 1.807) is 25.4 Å². The van der Waals surface area contributed by atoms with Crippen molar-refractivity contribution >= 4 is 35.0 Å². The molecule has 1 atom stereocenters. The molecule has 20 heavy (non-hydrogen) atoms. The minimum atomic E-state index is -0.776. The Morgan fingerprint density at radius 3 is 2.95 bits per heavy atom. The Kier molecular flexibility index (Phi) is 8.32. The summed E-state index contributed by atoms with van der Waals surface area (Å²) in [7, 11) is 1.56. The summed E-state index contributed by atoms with van der Waals surface area (Å²) in [5.74, 6) is 0.342. The second-order valence-electron chi connectivity index (χ2n) is 3.99. The normalized spacial score (nSPS) is 11.9. The van der Waals surface area contributed by atoms with Crippen LogP contribution < -0.4 is 5.32 Å². The molecule has 1 heterocycles. The van der Waals surface area contributed by atoms with Gasteiger partial charge in [0.1, 0.15) is 0 Å². The van der Waals surface area contributed by atoms with Crippen LogP contribution in [0.2, 0.25) is 0 Å². The van der Waals surface area contributed by atoms with E-state index in [9.17, 15) is 9.59 Å². The molecule has 0 spiro atoms. The van der Waals surface area contributed by atoms with Crippen molar-refractivity contribution in [2.45, 2.75) is 18.8 Å². The fraction of sp³-hybridized carbons (Fsp3) is 0.538. The highest BCUT2D eigenvalue weighted by molar-refractivity contribution is 7.99. The van der Waals surface area contributed by atoms with Crippen molar-refractivity contribution in [1.29, 1.82) is 0 Å². The molecule has 112 valence electrons.